The minimum atomic E-state index is 0.652. The Bertz CT molecular complexity index is 716. The SMILES string of the molecule is COc1cc2c(Cl)c3c(nc2cc1OCCCN(C)C)CCC3. The lowest BCUT2D eigenvalue weighted by atomic mass is 10.1. The molecule has 0 bridgehead atoms. The molecule has 0 fully saturated rings. The van der Waals surface area contributed by atoms with Crippen LogP contribution >= 0.6 is 11.6 Å². The van der Waals surface area contributed by atoms with Crippen molar-refractivity contribution in [3.8, 4) is 11.5 Å². The maximum atomic E-state index is 6.59. The average Bonchev–Trinajstić information content (AvgIpc) is 2.99. The Morgan fingerprint density at radius 2 is 2.04 bits per heavy atom. The van der Waals surface area contributed by atoms with Crippen LogP contribution in [0.25, 0.3) is 10.9 Å². The van der Waals surface area contributed by atoms with Gasteiger partial charge in [0, 0.05) is 23.7 Å². The fourth-order valence-corrected chi connectivity index (χ4v) is 3.40. The number of methoxy groups -OCH3 is 1. The van der Waals surface area contributed by atoms with Crippen molar-refractivity contribution >= 4 is 22.5 Å². The van der Waals surface area contributed by atoms with Crippen molar-refractivity contribution in [3.63, 3.8) is 0 Å². The summed E-state index contributed by atoms with van der Waals surface area (Å²) in [6, 6.07) is 3.90. The summed E-state index contributed by atoms with van der Waals surface area (Å²) in [6.45, 7) is 1.65. The second-order valence-corrected chi connectivity index (χ2v) is 6.61. The van der Waals surface area contributed by atoms with Gasteiger partial charge in [0.05, 0.1) is 24.3 Å². The Balaban J connectivity index is 1.91. The summed E-state index contributed by atoms with van der Waals surface area (Å²) in [7, 11) is 5.77. The van der Waals surface area contributed by atoms with E-state index in [0.29, 0.717) is 12.4 Å². The van der Waals surface area contributed by atoms with Crippen LogP contribution in [0.2, 0.25) is 5.02 Å². The minimum Gasteiger partial charge on any atom is -0.493 e. The van der Waals surface area contributed by atoms with Crippen LogP contribution in [0.5, 0.6) is 11.5 Å². The molecule has 23 heavy (non-hydrogen) atoms. The van der Waals surface area contributed by atoms with Crippen molar-refractivity contribution in [1.29, 1.82) is 0 Å². The highest BCUT2D eigenvalue weighted by molar-refractivity contribution is 6.36. The van der Waals surface area contributed by atoms with Crippen LogP contribution in [0.1, 0.15) is 24.1 Å². The summed E-state index contributed by atoms with van der Waals surface area (Å²) >= 11 is 6.59. The largest absolute Gasteiger partial charge is 0.493 e. The van der Waals surface area contributed by atoms with E-state index in [2.05, 4.69) is 19.0 Å². The molecule has 0 spiro atoms. The predicted octanol–water partition coefficient (Wildman–Crippen LogP) is 3.72. The first kappa shape index (κ1) is 16.3. The smallest absolute Gasteiger partial charge is 0.163 e. The summed E-state index contributed by atoms with van der Waals surface area (Å²) in [5.74, 6) is 1.45. The topological polar surface area (TPSA) is 34.6 Å². The summed E-state index contributed by atoms with van der Waals surface area (Å²) in [6.07, 6.45) is 4.12. The molecule has 0 unspecified atom stereocenters. The monoisotopic (exact) mass is 334 g/mol. The fraction of sp³-hybridized carbons (Fsp3) is 0.500. The molecule has 0 aliphatic heterocycles. The van der Waals surface area contributed by atoms with Gasteiger partial charge in [-0.1, -0.05) is 11.6 Å². The van der Waals surface area contributed by atoms with Gasteiger partial charge in [-0.3, -0.25) is 4.98 Å². The first-order valence-electron chi connectivity index (χ1n) is 8.06. The number of rotatable bonds is 6. The van der Waals surface area contributed by atoms with Gasteiger partial charge < -0.3 is 14.4 Å². The summed E-state index contributed by atoms with van der Waals surface area (Å²) in [4.78, 5) is 6.93. The number of benzene rings is 1. The molecular weight excluding hydrogens is 312 g/mol. The molecule has 0 amide bonds. The first-order valence-corrected chi connectivity index (χ1v) is 8.44. The van der Waals surface area contributed by atoms with Gasteiger partial charge in [0.25, 0.3) is 0 Å². The minimum absolute atomic E-state index is 0.652. The highest BCUT2D eigenvalue weighted by Gasteiger charge is 2.20. The van der Waals surface area contributed by atoms with Crippen molar-refractivity contribution < 1.29 is 9.47 Å². The van der Waals surface area contributed by atoms with Crippen LogP contribution in [-0.4, -0.2) is 44.2 Å². The van der Waals surface area contributed by atoms with E-state index in [1.54, 1.807) is 7.11 Å². The van der Waals surface area contributed by atoms with Crippen molar-refractivity contribution in [1.82, 2.24) is 9.88 Å². The molecule has 1 aromatic heterocycles. The number of aromatic nitrogens is 1. The zero-order valence-corrected chi connectivity index (χ0v) is 14.7. The third-order valence-electron chi connectivity index (χ3n) is 4.23. The molecule has 4 nitrogen and oxygen atoms in total. The normalized spacial score (nSPS) is 13.6. The second-order valence-electron chi connectivity index (χ2n) is 6.23. The molecule has 0 radical (unpaired) electrons. The molecule has 0 atom stereocenters. The van der Waals surface area contributed by atoms with Crippen molar-refractivity contribution in [3.05, 3.63) is 28.4 Å². The van der Waals surface area contributed by atoms with E-state index in [1.807, 2.05) is 12.1 Å². The van der Waals surface area contributed by atoms with E-state index in [9.17, 15) is 0 Å². The van der Waals surface area contributed by atoms with Gasteiger partial charge in [-0.05, 0) is 51.4 Å². The number of ether oxygens (including phenoxy) is 2. The standard InChI is InChI=1S/C18H23ClN2O2/c1-21(2)8-5-9-23-17-11-15-13(10-16(17)22-3)18(19)12-6-4-7-14(12)20-15/h10-11H,4-9H2,1-3H3. The van der Waals surface area contributed by atoms with E-state index < -0.39 is 0 Å². The summed E-state index contributed by atoms with van der Waals surface area (Å²) in [5, 5.41) is 1.77. The molecule has 0 saturated carbocycles. The maximum absolute atomic E-state index is 6.59. The first-order chi connectivity index (χ1) is 11.1. The van der Waals surface area contributed by atoms with Crippen molar-refractivity contribution in [2.75, 3.05) is 34.4 Å². The zero-order chi connectivity index (χ0) is 16.4. The van der Waals surface area contributed by atoms with Crippen LogP contribution in [0.15, 0.2) is 12.1 Å². The maximum Gasteiger partial charge on any atom is 0.163 e. The van der Waals surface area contributed by atoms with Crippen LogP contribution < -0.4 is 9.47 Å². The molecule has 1 aliphatic rings. The molecule has 0 N–H and O–H groups in total. The summed E-state index contributed by atoms with van der Waals surface area (Å²) < 4.78 is 11.4. The lowest BCUT2D eigenvalue weighted by Crippen LogP contribution is -2.15. The molecule has 124 valence electrons. The molecular formula is C18H23ClN2O2. The quantitative estimate of drug-likeness (QED) is 0.754. The van der Waals surface area contributed by atoms with E-state index >= 15 is 0 Å². The second kappa shape index (κ2) is 6.93. The Morgan fingerprint density at radius 3 is 2.78 bits per heavy atom. The number of hydrogen-bond acceptors (Lipinski definition) is 4. The molecule has 5 heteroatoms. The number of hydrogen-bond donors (Lipinski definition) is 0. The van der Waals surface area contributed by atoms with Gasteiger partial charge in [0.2, 0.25) is 0 Å². The number of aryl methyl sites for hydroxylation is 1. The van der Waals surface area contributed by atoms with Gasteiger partial charge in [-0.2, -0.15) is 0 Å². The van der Waals surface area contributed by atoms with Crippen molar-refractivity contribution in [2.45, 2.75) is 25.7 Å². The Hall–Kier alpha value is -1.52. The molecule has 1 aliphatic carbocycles. The summed E-state index contributed by atoms with van der Waals surface area (Å²) in [5.41, 5.74) is 3.21. The van der Waals surface area contributed by atoms with Crippen LogP contribution in [0.3, 0.4) is 0 Å². The van der Waals surface area contributed by atoms with E-state index in [1.165, 1.54) is 5.56 Å². The average molecular weight is 335 g/mol. The van der Waals surface area contributed by atoms with Gasteiger partial charge in [-0.15, -0.1) is 0 Å². The van der Waals surface area contributed by atoms with Gasteiger partial charge >= 0.3 is 0 Å². The van der Waals surface area contributed by atoms with Crippen LogP contribution in [-0.2, 0) is 12.8 Å². The van der Waals surface area contributed by atoms with Crippen LogP contribution in [0.4, 0.5) is 0 Å². The third kappa shape index (κ3) is 3.38. The van der Waals surface area contributed by atoms with Gasteiger partial charge in [-0.25, -0.2) is 0 Å². The predicted molar refractivity (Wildman–Crippen MR) is 94.0 cm³/mol. The Kier molecular flexibility index (Phi) is 4.93. The number of halogens is 1. The fourth-order valence-electron chi connectivity index (χ4n) is 3.05. The highest BCUT2D eigenvalue weighted by Crippen LogP contribution is 2.39. The number of fused-ring (bicyclic) bond motifs is 2. The number of pyridine rings is 1. The van der Waals surface area contributed by atoms with Crippen molar-refractivity contribution in [2.24, 2.45) is 0 Å². The van der Waals surface area contributed by atoms with E-state index in [0.717, 1.165) is 59.6 Å². The Labute approximate surface area is 142 Å². The molecule has 1 heterocycles. The van der Waals surface area contributed by atoms with Gasteiger partial charge in [0.15, 0.2) is 11.5 Å². The highest BCUT2D eigenvalue weighted by atomic mass is 35.5. The van der Waals surface area contributed by atoms with Gasteiger partial charge in [0.1, 0.15) is 0 Å². The number of nitrogens with zero attached hydrogens (tertiary/aromatic N) is 2. The molecule has 1 aromatic carbocycles. The zero-order valence-electron chi connectivity index (χ0n) is 14.0. The molecule has 0 saturated heterocycles. The third-order valence-corrected chi connectivity index (χ3v) is 4.67. The lowest BCUT2D eigenvalue weighted by Gasteiger charge is -2.15. The molecule has 3 rings (SSSR count). The lowest BCUT2D eigenvalue weighted by molar-refractivity contribution is 0.268. The van der Waals surface area contributed by atoms with E-state index in [-0.39, 0.29) is 0 Å². The van der Waals surface area contributed by atoms with E-state index in [4.69, 9.17) is 26.1 Å². The Morgan fingerprint density at radius 1 is 1.22 bits per heavy atom. The van der Waals surface area contributed by atoms with Crippen LogP contribution in [0, 0.1) is 0 Å². The molecule has 2 aromatic rings.